The SMILES string of the molecule is FC(F)(F)c1ccc([C@H]2CO2)c(Br)c1. The second kappa shape index (κ2) is 3.24. The Morgan fingerprint density at radius 1 is 1.36 bits per heavy atom. The molecule has 1 aromatic carbocycles. The summed E-state index contributed by atoms with van der Waals surface area (Å²) in [5, 5.41) is 0. The molecule has 0 bridgehead atoms. The lowest BCUT2D eigenvalue weighted by Crippen LogP contribution is -2.05. The molecule has 1 aliphatic heterocycles. The lowest BCUT2D eigenvalue weighted by atomic mass is 10.1. The van der Waals surface area contributed by atoms with E-state index in [1.807, 2.05) is 0 Å². The summed E-state index contributed by atoms with van der Waals surface area (Å²) in [6.07, 6.45) is -4.32. The molecule has 0 spiro atoms. The summed E-state index contributed by atoms with van der Waals surface area (Å²) < 4.78 is 42.2. The quantitative estimate of drug-likeness (QED) is 0.709. The van der Waals surface area contributed by atoms with Crippen LogP contribution in [0.4, 0.5) is 13.2 Å². The Hall–Kier alpha value is -0.550. The van der Waals surface area contributed by atoms with Gasteiger partial charge < -0.3 is 4.74 Å². The van der Waals surface area contributed by atoms with Gasteiger partial charge in [-0.05, 0) is 17.7 Å². The van der Waals surface area contributed by atoms with Crippen LogP contribution in [0.2, 0.25) is 0 Å². The number of hydrogen-bond acceptors (Lipinski definition) is 1. The summed E-state index contributed by atoms with van der Waals surface area (Å²) in [6, 6.07) is 3.60. The summed E-state index contributed by atoms with van der Waals surface area (Å²) in [7, 11) is 0. The molecule has 0 unspecified atom stereocenters. The highest BCUT2D eigenvalue weighted by Gasteiger charge is 2.33. The van der Waals surface area contributed by atoms with Crippen molar-refractivity contribution in [2.75, 3.05) is 6.61 Å². The van der Waals surface area contributed by atoms with E-state index in [9.17, 15) is 13.2 Å². The molecule has 1 aromatic rings. The summed E-state index contributed by atoms with van der Waals surface area (Å²) in [6.45, 7) is 0.587. The predicted molar refractivity (Wildman–Crippen MR) is 47.8 cm³/mol. The molecule has 0 saturated carbocycles. The third kappa shape index (κ3) is 1.93. The van der Waals surface area contributed by atoms with Crippen molar-refractivity contribution in [3.8, 4) is 0 Å². The highest BCUT2D eigenvalue weighted by molar-refractivity contribution is 9.10. The molecule has 1 heterocycles. The zero-order valence-corrected chi connectivity index (χ0v) is 8.52. The molecule has 0 amide bonds. The molecule has 5 heteroatoms. The molecule has 14 heavy (non-hydrogen) atoms. The molecule has 1 atom stereocenters. The lowest BCUT2D eigenvalue weighted by Gasteiger charge is -2.08. The Kier molecular flexibility index (Phi) is 2.31. The molecular formula is C9H6BrF3O. The smallest absolute Gasteiger partial charge is 0.368 e. The first-order chi connectivity index (χ1) is 6.48. The highest BCUT2D eigenvalue weighted by atomic mass is 79.9. The summed E-state index contributed by atoms with van der Waals surface area (Å²) in [5.41, 5.74) is 0.131. The van der Waals surface area contributed by atoms with Crippen LogP contribution in [-0.2, 0) is 10.9 Å². The van der Waals surface area contributed by atoms with Crippen LogP contribution < -0.4 is 0 Å². The summed E-state index contributed by atoms with van der Waals surface area (Å²) >= 11 is 3.10. The largest absolute Gasteiger partial charge is 0.416 e. The maximum Gasteiger partial charge on any atom is 0.416 e. The second-order valence-electron chi connectivity index (χ2n) is 3.06. The van der Waals surface area contributed by atoms with Gasteiger partial charge in [-0.3, -0.25) is 0 Å². The first-order valence-corrected chi connectivity index (χ1v) is 4.76. The van der Waals surface area contributed by atoms with E-state index >= 15 is 0 Å². The van der Waals surface area contributed by atoms with Crippen LogP contribution in [0.1, 0.15) is 17.2 Å². The Labute approximate surface area is 87.0 Å². The van der Waals surface area contributed by atoms with E-state index in [-0.39, 0.29) is 6.10 Å². The number of epoxide rings is 1. The van der Waals surface area contributed by atoms with Crippen molar-refractivity contribution in [2.24, 2.45) is 0 Å². The van der Waals surface area contributed by atoms with Crippen LogP contribution in [0.25, 0.3) is 0 Å². The minimum Gasteiger partial charge on any atom is -0.368 e. The van der Waals surface area contributed by atoms with Gasteiger partial charge in [-0.15, -0.1) is 0 Å². The van der Waals surface area contributed by atoms with Crippen LogP contribution in [0.3, 0.4) is 0 Å². The molecule has 0 aromatic heterocycles. The van der Waals surface area contributed by atoms with E-state index in [0.29, 0.717) is 11.1 Å². The van der Waals surface area contributed by atoms with Gasteiger partial charge >= 0.3 is 6.18 Å². The van der Waals surface area contributed by atoms with E-state index in [4.69, 9.17) is 4.74 Å². The van der Waals surface area contributed by atoms with Crippen LogP contribution >= 0.6 is 15.9 Å². The van der Waals surface area contributed by atoms with Crippen molar-refractivity contribution < 1.29 is 17.9 Å². The molecule has 0 N–H and O–H groups in total. The van der Waals surface area contributed by atoms with E-state index in [1.54, 1.807) is 0 Å². The monoisotopic (exact) mass is 266 g/mol. The van der Waals surface area contributed by atoms with Gasteiger partial charge in [0.15, 0.2) is 0 Å². The second-order valence-corrected chi connectivity index (χ2v) is 3.91. The maximum absolute atomic E-state index is 12.3. The van der Waals surface area contributed by atoms with E-state index < -0.39 is 11.7 Å². The lowest BCUT2D eigenvalue weighted by molar-refractivity contribution is -0.137. The van der Waals surface area contributed by atoms with Crippen LogP contribution in [-0.4, -0.2) is 6.61 Å². The molecule has 76 valence electrons. The molecule has 1 fully saturated rings. The predicted octanol–water partition coefficient (Wildman–Crippen LogP) is 3.54. The van der Waals surface area contributed by atoms with Gasteiger partial charge in [0, 0.05) is 4.47 Å². The Morgan fingerprint density at radius 2 is 2.00 bits per heavy atom. The van der Waals surface area contributed by atoms with E-state index in [1.165, 1.54) is 6.07 Å². The van der Waals surface area contributed by atoms with Crippen LogP contribution in [0.15, 0.2) is 22.7 Å². The third-order valence-corrected chi connectivity index (χ3v) is 2.69. The Balaban J connectivity index is 2.35. The molecule has 1 saturated heterocycles. The molecule has 2 rings (SSSR count). The molecule has 0 aliphatic carbocycles. The molecule has 0 radical (unpaired) electrons. The van der Waals surface area contributed by atoms with E-state index in [2.05, 4.69) is 15.9 Å². The number of alkyl halides is 3. The summed E-state index contributed by atoms with van der Waals surface area (Å²) in [5.74, 6) is 0. The van der Waals surface area contributed by atoms with Crippen molar-refractivity contribution in [3.05, 3.63) is 33.8 Å². The maximum atomic E-state index is 12.3. The Morgan fingerprint density at radius 3 is 2.43 bits per heavy atom. The minimum atomic E-state index is -4.29. The number of ether oxygens (including phenoxy) is 1. The first-order valence-electron chi connectivity index (χ1n) is 3.97. The van der Waals surface area contributed by atoms with E-state index in [0.717, 1.165) is 17.7 Å². The van der Waals surface area contributed by atoms with Crippen molar-refractivity contribution in [2.45, 2.75) is 12.3 Å². The number of rotatable bonds is 1. The van der Waals surface area contributed by atoms with Crippen molar-refractivity contribution in [1.82, 2.24) is 0 Å². The molecule has 1 nitrogen and oxygen atoms in total. The van der Waals surface area contributed by atoms with Crippen LogP contribution in [0, 0.1) is 0 Å². The number of halogens is 4. The van der Waals surface area contributed by atoms with Crippen LogP contribution in [0.5, 0.6) is 0 Å². The minimum absolute atomic E-state index is 0.0355. The molecule has 1 aliphatic rings. The fraction of sp³-hybridized carbons (Fsp3) is 0.333. The molecular weight excluding hydrogens is 261 g/mol. The topological polar surface area (TPSA) is 12.5 Å². The van der Waals surface area contributed by atoms with Gasteiger partial charge in [0.25, 0.3) is 0 Å². The van der Waals surface area contributed by atoms with Gasteiger partial charge in [0.05, 0.1) is 12.2 Å². The average Bonchev–Trinajstić information content (AvgIpc) is 2.85. The summed E-state index contributed by atoms with van der Waals surface area (Å²) in [4.78, 5) is 0. The van der Waals surface area contributed by atoms with Crippen molar-refractivity contribution in [1.29, 1.82) is 0 Å². The fourth-order valence-electron chi connectivity index (χ4n) is 1.19. The normalized spacial score (nSPS) is 21.0. The van der Waals surface area contributed by atoms with Gasteiger partial charge in [-0.2, -0.15) is 13.2 Å². The third-order valence-electron chi connectivity index (χ3n) is 2.01. The number of hydrogen-bond donors (Lipinski definition) is 0. The van der Waals surface area contributed by atoms with Crippen molar-refractivity contribution >= 4 is 15.9 Å². The van der Waals surface area contributed by atoms with Gasteiger partial charge in [0.1, 0.15) is 6.10 Å². The number of benzene rings is 1. The Bertz CT molecular complexity index is 358. The first kappa shape index (κ1) is 9.98. The zero-order valence-electron chi connectivity index (χ0n) is 6.94. The zero-order chi connectivity index (χ0) is 10.3. The standard InChI is InChI=1S/C9H6BrF3O/c10-7-3-5(9(11,12)13)1-2-6(7)8-4-14-8/h1-3,8H,4H2/t8-/m1/s1. The fourth-order valence-corrected chi connectivity index (χ4v) is 1.83. The van der Waals surface area contributed by atoms with Gasteiger partial charge in [-0.25, -0.2) is 0 Å². The average molecular weight is 267 g/mol. The highest BCUT2D eigenvalue weighted by Crippen LogP contribution is 2.38. The van der Waals surface area contributed by atoms with Crippen molar-refractivity contribution in [3.63, 3.8) is 0 Å². The van der Waals surface area contributed by atoms with Gasteiger partial charge in [-0.1, -0.05) is 22.0 Å². The van der Waals surface area contributed by atoms with Gasteiger partial charge in [0.2, 0.25) is 0 Å².